The van der Waals surface area contributed by atoms with Gasteiger partial charge in [-0.3, -0.25) is 0 Å². The van der Waals surface area contributed by atoms with Gasteiger partial charge in [-0.15, -0.1) is 0 Å². The van der Waals surface area contributed by atoms with E-state index in [1.54, 1.807) is 20.9 Å². The lowest BCUT2D eigenvalue weighted by atomic mass is 10.1. The number of benzene rings is 1. The standard InChI is InChI=1S/C19H28N4O2/c1-14(2)17-20-9-10-23(17)12-15-7-6-8-16(11-15)21-18(24)22(5)13-19(3,4)25/h6-11,14,25H,12-13H2,1-5H3,(H,21,24). The second-order valence-corrected chi connectivity index (χ2v) is 7.37. The van der Waals surface area contributed by atoms with Crippen LogP contribution >= 0.6 is 0 Å². The van der Waals surface area contributed by atoms with E-state index in [4.69, 9.17) is 0 Å². The zero-order valence-corrected chi connectivity index (χ0v) is 15.7. The first-order valence-corrected chi connectivity index (χ1v) is 8.50. The SMILES string of the molecule is CC(C)c1nccn1Cc1cccc(NC(=O)N(C)CC(C)(C)O)c1. The summed E-state index contributed by atoms with van der Waals surface area (Å²) in [5.74, 6) is 1.40. The van der Waals surface area contributed by atoms with Gasteiger partial charge in [0.15, 0.2) is 0 Å². The normalized spacial score (nSPS) is 11.6. The van der Waals surface area contributed by atoms with Gasteiger partial charge in [0.05, 0.1) is 12.1 Å². The Kier molecular flexibility index (Phi) is 5.85. The predicted molar refractivity (Wildman–Crippen MR) is 99.8 cm³/mol. The third-order valence-electron chi connectivity index (χ3n) is 3.77. The van der Waals surface area contributed by atoms with Crippen molar-refractivity contribution in [2.24, 2.45) is 0 Å². The van der Waals surface area contributed by atoms with Gasteiger partial charge >= 0.3 is 6.03 Å². The number of likely N-dealkylation sites (N-methyl/N-ethyl adjacent to an activating group) is 1. The summed E-state index contributed by atoms with van der Waals surface area (Å²) in [6, 6.07) is 7.52. The van der Waals surface area contributed by atoms with Crippen molar-refractivity contribution in [1.29, 1.82) is 0 Å². The van der Waals surface area contributed by atoms with Crippen molar-refractivity contribution in [3.8, 4) is 0 Å². The van der Waals surface area contributed by atoms with E-state index in [1.807, 2.05) is 36.7 Å². The van der Waals surface area contributed by atoms with Gasteiger partial charge in [-0.2, -0.15) is 0 Å². The summed E-state index contributed by atoms with van der Waals surface area (Å²) in [5.41, 5.74) is 0.891. The molecule has 0 saturated carbocycles. The first-order valence-electron chi connectivity index (χ1n) is 8.50. The fourth-order valence-electron chi connectivity index (χ4n) is 2.77. The van der Waals surface area contributed by atoms with Crippen molar-refractivity contribution in [2.45, 2.75) is 45.8 Å². The molecule has 6 heteroatoms. The zero-order chi connectivity index (χ0) is 18.6. The molecule has 2 rings (SSSR count). The minimum absolute atomic E-state index is 0.246. The van der Waals surface area contributed by atoms with E-state index in [0.29, 0.717) is 12.5 Å². The number of rotatable bonds is 6. The van der Waals surface area contributed by atoms with E-state index in [0.717, 1.165) is 17.1 Å². The molecule has 1 aromatic heterocycles. The van der Waals surface area contributed by atoms with Crippen molar-refractivity contribution >= 4 is 11.7 Å². The molecule has 0 aliphatic rings. The summed E-state index contributed by atoms with van der Waals surface area (Å²) in [7, 11) is 1.66. The van der Waals surface area contributed by atoms with Gasteiger partial charge in [0, 0.05) is 37.6 Å². The Hall–Kier alpha value is -2.34. The molecule has 1 heterocycles. The van der Waals surface area contributed by atoms with Crippen molar-refractivity contribution in [2.75, 3.05) is 18.9 Å². The molecule has 0 unspecified atom stereocenters. The fraction of sp³-hybridized carbons (Fsp3) is 0.474. The molecule has 136 valence electrons. The van der Waals surface area contributed by atoms with Crippen LogP contribution in [0.5, 0.6) is 0 Å². The van der Waals surface area contributed by atoms with Crippen LogP contribution in [0.15, 0.2) is 36.7 Å². The zero-order valence-electron chi connectivity index (χ0n) is 15.7. The van der Waals surface area contributed by atoms with Crippen molar-refractivity contribution in [3.63, 3.8) is 0 Å². The lowest BCUT2D eigenvalue weighted by Crippen LogP contribution is -2.41. The van der Waals surface area contributed by atoms with Gasteiger partial charge < -0.3 is 19.9 Å². The van der Waals surface area contributed by atoms with Crippen LogP contribution < -0.4 is 5.32 Å². The van der Waals surface area contributed by atoms with Crippen LogP contribution in [0.2, 0.25) is 0 Å². The molecule has 6 nitrogen and oxygen atoms in total. The molecule has 2 amide bonds. The Labute approximate surface area is 149 Å². The minimum Gasteiger partial charge on any atom is -0.389 e. The molecule has 0 atom stereocenters. The Bertz CT molecular complexity index is 716. The summed E-state index contributed by atoms with van der Waals surface area (Å²) in [6.07, 6.45) is 3.78. The van der Waals surface area contributed by atoms with Crippen LogP contribution in [0.3, 0.4) is 0 Å². The minimum atomic E-state index is -0.928. The van der Waals surface area contributed by atoms with Crippen LogP contribution in [0.4, 0.5) is 10.5 Å². The smallest absolute Gasteiger partial charge is 0.321 e. The maximum Gasteiger partial charge on any atom is 0.321 e. The summed E-state index contributed by atoms with van der Waals surface area (Å²) in [5, 5.41) is 12.7. The van der Waals surface area contributed by atoms with Gasteiger partial charge in [-0.25, -0.2) is 9.78 Å². The van der Waals surface area contributed by atoms with Crippen LogP contribution in [-0.2, 0) is 6.54 Å². The third kappa shape index (κ3) is 5.60. The monoisotopic (exact) mass is 344 g/mol. The number of amides is 2. The highest BCUT2D eigenvalue weighted by Gasteiger charge is 2.19. The number of imidazole rings is 1. The molecule has 1 aromatic carbocycles. The molecule has 2 N–H and O–H groups in total. The van der Waals surface area contributed by atoms with Crippen LogP contribution in [0.1, 0.15) is 45.0 Å². The van der Waals surface area contributed by atoms with Crippen molar-refractivity contribution in [3.05, 3.63) is 48.0 Å². The number of hydrogen-bond acceptors (Lipinski definition) is 3. The highest BCUT2D eigenvalue weighted by molar-refractivity contribution is 5.89. The average molecular weight is 344 g/mol. The van der Waals surface area contributed by atoms with E-state index < -0.39 is 5.60 Å². The summed E-state index contributed by atoms with van der Waals surface area (Å²) in [6.45, 7) is 8.55. The highest BCUT2D eigenvalue weighted by Crippen LogP contribution is 2.17. The van der Waals surface area contributed by atoms with Crippen molar-refractivity contribution < 1.29 is 9.90 Å². The molecule has 0 radical (unpaired) electrons. The molecule has 0 spiro atoms. The van der Waals surface area contributed by atoms with E-state index in [9.17, 15) is 9.90 Å². The predicted octanol–water partition coefficient (Wildman–Crippen LogP) is 3.29. The molecule has 0 fully saturated rings. The first kappa shape index (κ1) is 19.0. The summed E-state index contributed by atoms with van der Waals surface area (Å²) in [4.78, 5) is 18.1. The van der Waals surface area contributed by atoms with Gasteiger partial charge in [-0.05, 0) is 31.5 Å². The largest absolute Gasteiger partial charge is 0.389 e. The highest BCUT2D eigenvalue weighted by atomic mass is 16.3. The second-order valence-electron chi connectivity index (χ2n) is 7.37. The number of aliphatic hydroxyl groups is 1. The van der Waals surface area contributed by atoms with Gasteiger partial charge in [0.1, 0.15) is 5.82 Å². The van der Waals surface area contributed by atoms with Crippen LogP contribution in [-0.4, -0.2) is 44.8 Å². The number of hydrogen-bond donors (Lipinski definition) is 2. The molecular weight excluding hydrogens is 316 g/mol. The van der Waals surface area contributed by atoms with E-state index in [2.05, 4.69) is 28.7 Å². The quantitative estimate of drug-likeness (QED) is 0.845. The Balaban J connectivity index is 2.06. The number of carbonyl (C=O) groups is 1. The Morgan fingerprint density at radius 3 is 2.76 bits per heavy atom. The van der Waals surface area contributed by atoms with Crippen molar-refractivity contribution in [1.82, 2.24) is 14.5 Å². The lowest BCUT2D eigenvalue weighted by Gasteiger charge is -2.25. The topological polar surface area (TPSA) is 70.4 Å². The van der Waals surface area contributed by atoms with E-state index >= 15 is 0 Å². The molecule has 0 aliphatic carbocycles. The molecule has 2 aromatic rings. The van der Waals surface area contributed by atoms with Gasteiger partial charge in [0.2, 0.25) is 0 Å². The number of anilines is 1. The van der Waals surface area contributed by atoms with Crippen LogP contribution in [0, 0.1) is 0 Å². The van der Waals surface area contributed by atoms with Gasteiger partial charge in [-0.1, -0.05) is 26.0 Å². The Morgan fingerprint density at radius 1 is 1.40 bits per heavy atom. The van der Waals surface area contributed by atoms with Crippen LogP contribution in [0.25, 0.3) is 0 Å². The number of nitrogens with zero attached hydrogens (tertiary/aromatic N) is 3. The summed E-state index contributed by atoms with van der Waals surface area (Å²) >= 11 is 0. The molecular formula is C19H28N4O2. The van der Waals surface area contributed by atoms with E-state index in [-0.39, 0.29) is 12.6 Å². The number of carbonyl (C=O) groups excluding carboxylic acids is 1. The maximum absolute atomic E-state index is 12.3. The molecule has 0 aliphatic heterocycles. The average Bonchev–Trinajstić information content (AvgIpc) is 2.94. The van der Waals surface area contributed by atoms with E-state index in [1.165, 1.54) is 4.90 Å². The Morgan fingerprint density at radius 2 is 2.12 bits per heavy atom. The lowest BCUT2D eigenvalue weighted by molar-refractivity contribution is 0.0550. The fourth-order valence-corrected chi connectivity index (χ4v) is 2.77. The molecule has 0 saturated heterocycles. The number of aromatic nitrogens is 2. The summed E-state index contributed by atoms with van der Waals surface area (Å²) < 4.78 is 2.12. The third-order valence-corrected chi connectivity index (χ3v) is 3.77. The maximum atomic E-state index is 12.3. The number of urea groups is 1. The second kappa shape index (κ2) is 7.70. The first-order chi connectivity index (χ1) is 11.7. The van der Waals surface area contributed by atoms with Gasteiger partial charge in [0.25, 0.3) is 0 Å². The number of nitrogens with one attached hydrogen (secondary N) is 1. The molecule has 25 heavy (non-hydrogen) atoms. The molecule has 0 bridgehead atoms.